The van der Waals surface area contributed by atoms with Crippen LogP contribution in [0, 0.1) is 0 Å². The van der Waals surface area contributed by atoms with Crippen molar-refractivity contribution in [2.24, 2.45) is 0 Å². The lowest BCUT2D eigenvalue weighted by molar-refractivity contribution is 0.794. The summed E-state index contributed by atoms with van der Waals surface area (Å²) in [6.07, 6.45) is 1.84. The Morgan fingerprint density at radius 1 is 0.279 bits per heavy atom. The molecule has 0 bridgehead atoms. The lowest BCUT2D eigenvalue weighted by Crippen LogP contribution is -2.25. The molecule has 0 N–H and O–H groups in total. The molecule has 0 aliphatic heterocycles. The van der Waals surface area contributed by atoms with E-state index in [1.807, 2.05) is 12.3 Å². The van der Waals surface area contributed by atoms with E-state index in [4.69, 9.17) is 15.0 Å². The molecule has 0 atom stereocenters. The summed E-state index contributed by atoms with van der Waals surface area (Å²) in [5, 5.41) is 5.71. The normalized spacial score (nSPS) is 13.0. The predicted molar refractivity (Wildman–Crippen MR) is 248 cm³/mol. The molecule has 0 saturated carbocycles. The van der Waals surface area contributed by atoms with Gasteiger partial charge in [-0.15, -0.1) is 0 Å². The van der Waals surface area contributed by atoms with Crippen LogP contribution in [0.15, 0.2) is 206 Å². The van der Waals surface area contributed by atoms with E-state index >= 15 is 0 Å². The van der Waals surface area contributed by atoms with Crippen molar-refractivity contribution in [3.63, 3.8) is 0 Å². The van der Waals surface area contributed by atoms with E-state index < -0.39 is 5.41 Å². The fourth-order valence-electron chi connectivity index (χ4n) is 10.1. The van der Waals surface area contributed by atoms with Crippen LogP contribution in [0.25, 0.3) is 100.0 Å². The second kappa shape index (κ2) is 13.0. The Balaban J connectivity index is 1.01. The first kappa shape index (κ1) is 33.8. The fraction of sp³-hybridized carbons (Fsp3) is 0.0175. The van der Waals surface area contributed by atoms with Crippen LogP contribution in [0.2, 0.25) is 0 Å². The Bertz CT molecular complexity index is 3560. The highest BCUT2D eigenvalue weighted by atomic mass is 15.0. The maximum atomic E-state index is 5.33. The number of fused-ring (bicyclic) bond motifs is 13. The summed E-state index contributed by atoms with van der Waals surface area (Å²) in [7, 11) is 0. The van der Waals surface area contributed by atoms with Gasteiger partial charge in [-0.3, -0.25) is 4.98 Å². The lowest BCUT2D eigenvalue weighted by atomic mass is 9.70. The van der Waals surface area contributed by atoms with Crippen molar-refractivity contribution in [1.82, 2.24) is 19.9 Å². The quantitative estimate of drug-likeness (QED) is 0.179. The lowest BCUT2D eigenvalue weighted by Gasteiger charge is -2.30. The van der Waals surface area contributed by atoms with Crippen molar-refractivity contribution < 1.29 is 0 Å². The van der Waals surface area contributed by atoms with Gasteiger partial charge in [-0.1, -0.05) is 158 Å². The number of benzene rings is 9. The molecule has 4 nitrogen and oxygen atoms in total. The van der Waals surface area contributed by atoms with Gasteiger partial charge in [0.1, 0.15) is 0 Å². The molecule has 0 saturated heterocycles. The zero-order valence-corrected chi connectivity index (χ0v) is 32.9. The Morgan fingerprint density at radius 2 is 0.705 bits per heavy atom. The molecule has 2 aliphatic carbocycles. The van der Waals surface area contributed by atoms with Gasteiger partial charge >= 0.3 is 0 Å². The van der Waals surface area contributed by atoms with E-state index in [-0.39, 0.29) is 0 Å². The molecular weight excluding hydrogens is 741 g/mol. The average molecular weight is 775 g/mol. The minimum Gasteiger partial charge on any atom is -0.256 e. The molecule has 0 radical (unpaired) electrons. The SMILES string of the molecule is c1ccc2c(c1)-c1ccccc1C21c2ccccc2-c2ccc(-c3nc(-c4ccc5ccccc5c4)nc(-c4ccc5ccc(-c6ccc7ncccc7c6)cc5c4)n3)cc21. The molecule has 1 spiro atoms. The van der Waals surface area contributed by atoms with Crippen LogP contribution in [0.4, 0.5) is 0 Å². The zero-order valence-electron chi connectivity index (χ0n) is 32.9. The number of rotatable bonds is 4. The molecule has 61 heavy (non-hydrogen) atoms. The molecule has 0 fully saturated rings. The minimum absolute atomic E-state index is 0.468. The van der Waals surface area contributed by atoms with Crippen molar-refractivity contribution in [1.29, 1.82) is 0 Å². The summed E-state index contributed by atoms with van der Waals surface area (Å²) < 4.78 is 0. The van der Waals surface area contributed by atoms with Gasteiger partial charge in [0.25, 0.3) is 0 Å². The van der Waals surface area contributed by atoms with Crippen molar-refractivity contribution in [3.8, 4) is 67.5 Å². The molecule has 13 rings (SSSR count). The standard InChI is InChI=1S/C57H34N4/c1-2-11-37-31-41(23-20-35(37)10-1)54-59-55(42-24-21-36-19-22-38(32-44(36)33-42)39-26-28-53-40(30-39)12-9-29-58-53)61-56(60-54)43-25-27-48-47-15-5-8-18-51(47)57(52(48)34-43)49-16-6-3-13-45(49)46-14-4-7-17-50(46)57/h1-34H. The third-order valence-corrected chi connectivity index (χ3v) is 12.9. The molecule has 2 heterocycles. The van der Waals surface area contributed by atoms with Gasteiger partial charge in [-0.25, -0.2) is 15.0 Å². The van der Waals surface area contributed by atoms with Gasteiger partial charge in [0.2, 0.25) is 0 Å². The van der Waals surface area contributed by atoms with E-state index in [0.717, 1.165) is 54.9 Å². The third-order valence-electron chi connectivity index (χ3n) is 12.9. The van der Waals surface area contributed by atoms with Crippen LogP contribution in [-0.4, -0.2) is 19.9 Å². The van der Waals surface area contributed by atoms with E-state index in [9.17, 15) is 0 Å². The molecule has 282 valence electrons. The number of nitrogens with zero attached hydrogens (tertiary/aromatic N) is 4. The van der Waals surface area contributed by atoms with Crippen molar-refractivity contribution in [2.45, 2.75) is 5.41 Å². The zero-order chi connectivity index (χ0) is 40.1. The Morgan fingerprint density at radius 3 is 1.34 bits per heavy atom. The smallest absolute Gasteiger partial charge is 0.164 e. The summed E-state index contributed by atoms with van der Waals surface area (Å²) in [4.78, 5) is 20.4. The number of hydrogen-bond donors (Lipinski definition) is 0. The van der Waals surface area contributed by atoms with Gasteiger partial charge in [0.15, 0.2) is 17.5 Å². The average Bonchev–Trinajstić information content (AvgIpc) is 3.80. The second-order valence-electron chi connectivity index (χ2n) is 16.2. The maximum Gasteiger partial charge on any atom is 0.164 e. The minimum atomic E-state index is -0.468. The van der Waals surface area contributed by atoms with Gasteiger partial charge in [0, 0.05) is 28.3 Å². The number of aromatic nitrogens is 4. The van der Waals surface area contributed by atoms with Gasteiger partial charge in [0.05, 0.1) is 10.9 Å². The third kappa shape index (κ3) is 5.06. The first-order valence-electron chi connectivity index (χ1n) is 20.8. The summed E-state index contributed by atoms with van der Waals surface area (Å²) in [5.74, 6) is 1.91. The summed E-state index contributed by atoms with van der Waals surface area (Å²) in [6, 6.07) is 72.2. The van der Waals surface area contributed by atoms with Crippen LogP contribution in [-0.2, 0) is 5.41 Å². The maximum absolute atomic E-state index is 5.33. The van der Waals surface area contributed by atoms with Gasteiger partial charge in [-0.2, -0.15) is 0 Å². The molecule has 0 amide bonds. The largest absolute Gasteiger partial charge is 0.256 e. The Labute approximate surface area is 352 Å². The van der Waals surface area contributed by atoms with Gasteiger partial charge in [-0.05, 0) is 120 Å². The van der Waals surface area contributed by atoms with Crippen molar-refractivity contribution in [2.75, 3.05) is 0 Å². The molecule has 0 unspecified atom stereocenters. The topological polar surface area (TPSA) is 51.6 Å². The summed E-state index contributed by atoms with van der Waals surface area (Å²) in [5.41, 5.74) is 15.9. The first-order chi connectivity index (χ1) is 30.2. The first-order valence-corrected chi connectivity index (χ1v) is 20.8. The molecule has 11 aromatic rings. The van der Waals surface area contributed by atoms with E-state index in [1.165, 1.54) is 49.9 Å². The predicted octanol–water partition coefficient (Wildman–Crippen LogP) is 13.7. The summed E-state index contributed by atoms with van der Waals surface area (Å²) >= 11 is 0. The molecule has 2 aromatic heterocycles. The van der Waals surface area contributed by atoms with Crippen molar-refractivity contribution in [3.05, 3.63) is 229 Å². The second-order valence-corrected chi connectivity index (χ2v) is 16.2. The summed E-state index contributed by atoms with van der Waals surface area (Å²) in [6.45, 7) is 0. The van der Waals surface area contributed by atoms with Crippen LogP contribution in [0.1, 0.15) is 22.3 Å². The van der Waals surface area contributed by atoms with Crippen LogP contribution in [0.5, 0.6) is 0 Å². The Kier molecular flexibility index (Phi) is 7.19. The van der Waals surface area contributed by atoms with E-state index in [2.05, 4.69) is 199 Å². The molecule has 9 aromatic carbocycles. The van der Waals surface area contributed by atoms with Crippen LogP contribution >= 0.6 is 0 Å². The molecule has 4 heteroatoms. The molecular formula is C57H34N4. The highest BCUT2D eigenvalue weighted by Gasteiger charge is 2.51. The van der Waals surface area contributed by atoms with E-state index in [0.29, 0.717) is 17.5 Å². The number of hydrogen-bond acceptors (Lipinski definition) is 4. The van der Waals surface area contributed by atoms with Crippen LogP contribution in [0.3, 0.4) is 0 Å². The highest BCUT2D eigenvalue weighted by molar-refractivity contribution is 5.97. The number of pyridine rings is 1. The molecule has 2 aliphatic rings. The van der Waals surface area contributed by atoms with Gasteiger partial charge < -0.3 is 0 Å². The fourth-order valence-corrected chi connectivity index (χ4v) is 10.1. The monoisotopic (exact) mass is 774 g/mol. The van der Waals surface area contributed by atoms with Crippen molar-refractivity contribution >= 4 is 32.4 Å². The Hall–Kier alpha value is -8.08. The highest BCUT2D eigenvalue weighted by Crippen LogP contribution is 2.63. The van der Waals surface area contributed by atoms with E-state index in [1.54, 1.807) is 0 Å². The van der Waals surface area contributed by atoms with Crippen LogP contribution < -0.4 is 0 Å².